The van der Waals surface area contributed by atoms with E-state index in [1.54, 1.807) is 24.6 Å². The molecule has 0 radical (unpaired) electrons. The van der Waals surface area contributed by atoms with Crippen molar-refractivity contribution in [2.45, 2.75) is 32.7 Å². The minimum absolute atomic E-state index is 0.0531. The van der Waals surface area contributed by atoms with Gasteiger partial charge >= 0.3 is 0 Å². The van der Waals surface area contributed by atoms with E-state index < -0.39 is 0 Å². The number of aromatic nitrogens is 2. The summed E-state index contributed by atoms with van der Waals surface area (Å²) in [5.74, 6) is 1.24. The normalized spacial score (nSPS) is 17.3. The van der Waals surface area contributed by atoms with Gasteiger partial charge in [-0.25, -0.2) is 9.97 Å². The summed E-state index contributed by atoms with van der Waals surface area (Å²) in [4.78, 5) is 23.5. The summed E-state index contributed by atoms with van der Waals surface area (Å²) in [6, 6.07) is 3.70. The average molecular weight is 375 g/mol. The van der Waals surface area contributed by atoms with Crippen LogP contribution in [0, 0.1) is 5.92 Å². The number of nitrogens with one attached hydrogen (secondary N) is 1. The number of nitrogens with zero attached hydrogens (tertiary/aromatic N) is 3. The number of methoxy groups -OCH3 is 1. The first-order chi connectivity index (χ1) is 12.7. The van der Waals surface area contributed by atoms with Crippen molar-refractivity contribution in [1.82, 2.24) is 14.9 Å². The number of rotatable bonds is 7. The number of aryl methyl sites for hydroxylation is 1. The van der Waals surface area contributed by atoms with E-state index in [4.69, 9.17) is 4.74 Å². The van der Waals surface area contributed by atoms with Crippen LogP contribution in [0.3, 0.4) is 0 Å². The number of amides is 1. The lowest BCUT2D eigenvalue weighted by Crippen LogP contribution is -2.41. The molecule has 1 fully saturated rings. The summed E-state index contributed by atoms with van der Waals surface area (Å²) in [6.07, 6.45) is 4.76. The van der Waals surface area contributed by atoms with Gasteiger partial charge in [-0.05, 0) is 37.3 Å². The molecule has 1 saturated heterocycles. The maximum absolute atomic E-state index is 12.7. The summed E-state index contributed by atoms with van der Waals surface area (Å²) in [7, 11) is 1.71. The molecule has 26 heavy (non-hydrogen) atoms. The molecule has 1 aliphatic rings. The van der Waals surface area contributed by atoms with Crippen LogP contribution < -0.4 is 5.32 Å². The minimum Gasteiger partial charge on any atom is -0.384 e. The molecule has 0 saturated carbocycles. The van der Waals surface area contributed by atoms with Crippen molar-refractivity contribution in [1.29, 1.82) is 0 Å². The first kappa shape index (κ1) is 18.8. The van der Waals surface area contributed by atoms with Gasteiger partial charge in [-0.15, -0.1) is 11.3 Å². The van der Waals surface area contributed by atoms with Crippen LogP contribution in [0.15, 0.2) is 23.7 Å². The number of carbonyl (C=O) groups is 1. The maximum atomic E-state index is 12.7. The topological polar surface area (TPSA) is 67.4 Å². The van der Waals surface area contributed by atoms with Gasteiger partial charge in [0.25, 0.3) is 5.91 Å². The number of ether oxygens (including phenoxy) is 1. The fraction of sp³-hybridized carbons (Fsp3) is 0.526. The molecule has 1 atom stereocenters. The summed E-state index contributed by atoms with van der Waals surface area (Å²) < 4.78 is 5.24. The minimum atomic E-state index is 0.0531. The van der Waals surface area contributed by atoms with E-state index in [1.807, 2.05) is 17.0 Å². The molecule has 140 valence electrons. The van der Waals surface area contributed by atoms with E-state index in [0.717, 1.165) is 48.9 Å². The predicted molar refractivity (Wildman–Crippen MR) is 104 cm³/mol. The fourth-order valence-electron chi connectivity index (χ4n) is 3.19. The van der Waals surface area contributed by atoms with E-state index in [-0.39, 0.29) is 5.91 Å². The van der Waals surface area contributed by atoms with Gasteiger partial charge < -0.3 is 15.0 Å². The van der Waals surface area contributed by atoms with Gasteiger partial charge in [0.1, 0.15) is 10.8 Å². The zero-order valence-corrected chi connectivity index (χ0v) is 16.2. The molecule has 3 rings (SSSR count). The van der Waals surface area contributed by atoms with Crippen LogP contribution >= 0.6 is 11.3 Å². The molecular weight excluding hydrogens is 348 g/mol. The molecule has 0 bridgehead atoms. The highest BCUT2D eigenvalue weighted by Crippen LogP contribution is 2.19. The SMILES string of the molecule is CCc1csc(CNc2ccc(C(=O)N3CCCC(COC)C3)cn2)n1. The quantitative estimate of drug-likeness (QED) is 0.806. The molecule has 1 aliphatic heterocycles. The number of piperidine rings is 1. The van der Waals surface area contributed by atoms with Gasteiger partial charge in [-0.2, -0.15) is 0 Å². The fourth-order valence-corrected chi connectivity index (χ4v) is 4.00. The van der Waals surface area contributed by atoms with Gasteiger partial charge in [-0.1, -0.05) is 6.92 Å². The van der Waals surface area contributed by atoms with Crippen molar-refractivity contribution in [3.05, 3.63) is 40.0 Å². The lowest BCUT2D eigenvalue weighted by atomic mass is 9.98. The Labute approximate surface area is 158 Å². The Hall–Kier alpha value is -1.99. The van der Waals surface area contributed by atoms with Gasteiger partial charge in [0, 0.05) is 31.8 Å². The van der Waals surface area contributed by atoms with Crippen LogP contribution in [0.2, 0.25) is 0 Å². The number of hydrogen-bond acceptors (Lipinski definition) is 6. The third kappa shape index (κ3) is 4.80. The number of hydrogen-bond donors (Lipinski definition) is 1. The summed E-state index contributed by atoms with van der Waals surface area (Å²) in [5, 5.41) is 6.39. The highest BCUT2D eigenvalue weighted by molar-refractivity contribution is 7.09. The Morgan fingerprint density at radius 1 is 1.46 bits per heavy atom. The first-order valence-electron chi connectivity index (χ1n) is 9.11. The molecule has 1 N–H and O–H groups in total. The van der Waals surface area contributed by atoms with Gasteiger partial charge in [0.05, 0.1) is 24.4 Å². The highest BCUT2D eigenvalue weighted by atomic mass is 32.1. The Balaban J connectivity index is 1.55. The van der Waals surface area contributed by atoms with E-state index in [2.05, 4.69) is 27.6 Å². The molecule has 0 spiro atoms. The van der Waals surface area contributed by atoms with Crippen molar-refractivity contribution in [2.24, 2.45) is 5.92 Å². The Bertz CT molecular complexity index is 715. The van der Waals surface area contributed by atoms with Gasteiger partial charge in [0.15, 0.2) is 0 Å². The Morgan fingerprint density at radius 3 is 3.04 bits per heavy atom. The van der Waals surface area contributed by atoms with Gasteiger partial charge in [0.2, 0.25) is 0 Å². The number of thiazole rings is 1. The molecule has 1 unspecified atom stereocenters. The van der Waals surface area contributed by atoms with Crippen molar-refractivity contribution in [2.75, 3.05) is 32.1 Å². The predicted octanol–water partition coefficient (Wildman–Crippen LogP) is 3.21. The van der Waals surface area contributed by atoms with E-state index in [0.29, 0.717) is 24.6 Å². The van der Waals surface area contributed by atoms with Crippen LogP contribution in [0.1, 0.15) is 40.8 Å². The second-order valence-corrected chi connectivity index (χ2v) is 7.53. The molecular formula is C19H26N4O2S. The smallest absolute Gasteiger partial charge is 0.255 e. The third-order valence-electron chi connectivity index (χ3n) is 4.60. The van der Waals surface area contributed by atoms with Crippen molar-refractivity contribution in [3.8, 4) is 0 Å². The summed E-state index contributed by atoms with van der Waals surface area (Å²) >= 11 is 1.65. The van der Waals surface area contributed by atoms with Gasteiger partial charge in [-0.3, -0.25) is 4.79 Å². The number of carbonyl (C=O) groups excluding carboxylic acids is 1. The molecule has 3 heterocycles. The number of anilines is 1. The lowest BCUT2D eigenvalue weighted by Gasteiger charge is -2.32. The first-order valence-corrected chi connectivity index (χ1v) is 9.99. The van der Waals surface area contributed by atoms with E-state index >= 15 is 0 Å². The largest absolute Gasteiger partial charge is 0.384 e. The average Bonchev–Trinajstić information content (AvgIpc) is 3.15. The Morgan fingerprint density at radius 2 is 2.35 bits per heavy atom. The van der Waals surface area contributed by atoms with Crippen LogP contribution in [0.4, 0.5) is 5.82 Å². The van der Waals surface area contributed by atoms with Crippen LogP contribution in [-0.2, 0) is 17.7 Å². The zero-order chi connectivity index (χ0) is 18.4. The molecule has 1 amide bonds. The molecule has 7 heteroatoms. The molecule has 6 nitrogen and oxygen atoms in total. The highest BCUT2D eigenvalue weighted by Gasteiger charge is 2.24. The third-order valence-corrected chi connectivity index (χ3v) is 5.50. The number of likely N-dealkylation sites (tertiary alicyclic amines) is 1. The van der Waals surface area contributed by atoms with Crippen molar-refractivity contribution >= 4 is 23.1 Å². The lowest BCUT2D eigenvalue weighted by molar-refractivity contribution is 0.0570. The molecule has 2 aromatic rings. The summed E-state index contributed by atoms with van der Waals surface area (Å²) in [5.41, 5.74) is 1.75. The van der Waals surface area contributed by atoms with Crippen LogP contribution in [-0.4, -0.2) is 47.6 Å². The van der Waals surface area contributed by atoms with Crippen molar-refractivity contribution < 1.29 is 9.53 Å². The molecule has 2 aromatic heterocycles. The molecule has 0 aliphatic carbocycles. The van der Waals surface area contributed by atoms with Crippen LogP contribution in [0.25, 0.3) is 0 Å². The molecule has 0 aromatic carbocycles. The summed E-state index contributed by atoms with van der Waals surface area (Å²) in [6.45, 7) is 5.03. The standard InChI is InChI=1S/C19H26N4O2S/c1-3-16-13-26-18(22-16)10-21-17-7-6-15(9-20-17)19(24)23-8-4-5-14(11-23)12-25-2/h6-7,9,13-14H,3-5,8,10-12H2,1-2H3,(H,20,21). The second-order valence-electron chi connectivity index (χ2n) is 6.59. The zero-order valence-electron chi connectivity index (χ0n) is 15.4. The number of pyridine rings is 1. The Kier molecular flexibility index (Phi) is 6.57. The maximum Gasteiger partial charge on any atom is 0.255 e. The van der Waals surface area contributed by atoms with Crippen molar-refractivity contribution in [3.63, 3.8) is 0 Å². The second kappa shape index (κ2) is 9.09. The monoisotopic (exact) mass is 374 g/mol. The van der Waals surface area contributed by atoms with Crippen LogP contribution in [0.5, 0.6) is 0 Å². The van der Waals surface area contributed by atoms with E-state index in [1.165, 1.54) is 0 Å². The van der Waals surface area contributed by atoms with E-state index in [9.17, 15) is 4.79 Å².